The van der Waals surface area contributed by atoms with Crippen molar-refractivity contribution >= 4 is 43.2 Å². The predicted molar refractivity (Wildman–Crippen MR) is 133 cm³/mol. The molecule has 0 saturated carbocycles. The lowest BCUT2D eigenvalue weighted by molar-refractivity contribution is 0.658. The van der Waals surface area contributed by atoms with Crippen molar-refractivity contribution in [3.63, 3.8) is 0 Å². The number of hydrogen-bond donors (Lipinski definition) is 0. The zero-order chi connectivity index (χ0) is 20.6. The van der Waals surface area contributed by atoms with Gasteiger partial charge in [-0.05, 0) is 64.2 Å². The van der Waals surface area contributed by atoms with E-state index in [9.17, 15) is 0 Å². The van der Waals surface area contributed by atoms with Crippen molar-refractivity contribution in [3.05, 3.63) is 105 Å². The van der Waals surface area contributed by atoms with Crippen LogP contribution in [0.3, 0.4) is 0 Å². The standard InChI is InChI=1S/C27H21Br2N/c1-27(2)23-12-16(28)8-10-19(23)21-15-26-22(14-24(21)27)20-11-9-17(29)13-25(20)30(26)18-6-4-3-5-7-18/h3-15,20,25H,1-2H3. The molecule has 0 amide bonds. The fraction of sp³-hybridized carbons (Fsp3) is 0.185. The molecule has 1 heterocycles. The first-order chi connectivity index (χ1) is 14.4. The Hall–Kier alpha value is -2.10. The lowest BCUT2D eigenvalue weighted by Crippen LogP contribution is -2.28. The van der Waals surface area contributed by atoms with Crippen LogP contribution < -0.4 is 4.90 Å². The van der Waals surface area contributed by atoms with Gasteiger partial charge in [0.05, 0.1) is 6.04 Å². The minimum atomic E-state index is -0.00601. The molecule has 0 saturated heterocycles. The Balaban J connectivity index is 1.62. The topological polar surface area (TPSA) is 3.24 Å². The number of rotatable bonds is 1. The number of nitrogens with zero attached hydrogens (tertiary/aromatic N) is 1. The van der Waals surface area contributed by atoms with Crippen LogP contribution in [0.2, 0.25) is 0 Å². The number of fused-ring (bicyclic) bond motifs is 6. The average Bonchev–Trinajstić information content (AvgIpc) is 3.16. The van der Waals surface area contributed by atoms with Crippen molar-refractivity contribution in [2.24, 2.45) is 0 Å². The van der Waals surface area contributed by atoms with Crippen molar-refractivity contribution in [1.29, 1.82) is 0 Å². The zero-order valence-electron chi connectivity index (χ0n) is 16.9. The minimum absolute atomic E-state index is 0.00601. The fourth-order valence-electron chi connectivity index (χ4n) is 5.45. The van der Waals surface area contributed by atoms with E-state index in [1.165, 1.54) is 39.2 Å². The third-order valence-electron chi connectivity index (χ3n) is 6.90. The molecular weight excluding hydrogens is 498 g/mol. The SMILES string of the molecule is CC1(C)c2cc(Br)ccc2-c2cc3c(cc21)C1C=CC(Br)=CC1N3c1ccccc1. The van der Waals surface area contributed by atoms with Crippen LogP contribution in [0.1, 0.15) is 36.5 Å². The van der Waals surface area contributed by atoms with Gasteiger partial charge < -0.3 is 4.90 Å². The number of allylic oxidation sites excluding steroid dienone is 2. The molecule has 1 aliphatic heterocycles. The molecule has 0 bridgehead atoms. The van der Waals surface area contributed by atoms with E-state index in [-0.39, 0.29) is 11.5 Å². The van der Waals surface area contributed by atoms with Crippen LogP contribution in [0.5, 0.6) is 0 Å². The van der Waals surface area contributed by atoms with Gasteiger partial charge in [0, 0.05) is 31.7 Å². The summed E-state index contributed by atoms with van der Waals surface area (Å²) in [5.41, 5.74) is 9.55. The highest BCUT2D eigenvalue weighted by atomic mass is 79.9. The minimum Gasteiger partial charge on any atom is -0.333 e. The summed E-state index contributed by atoms with van der Waals surface area (Å²) in [4.78, 5) is 2.51. The van der Waals surface area contributed by atoms with Gasteiger partial charge in [0.15, 0.2) is 0 Å². The maximum atomic E-state index is 3.71. The highest BCUT2D eigenvalue weighted by Crippen LogP contribution is 2.56. The monoisotopic (exact) mass is 517 g/mol. The number of hydrogen-bond acceptors (Lipinski definition) is 1. The summed E-state index contributed by atoms with van der Waals surface area (Å²) in [6, 6.07) is 22.7. The van der Waals surface area contributed by atoms with Gasteiger partial charge in [0.2, 0.25) is 0 Å². The highest BCUT2D eigenvalue weighted by molar-refractivity contribution is 9.12. The Labute approximate surface area is 194 Å². The first kappa shape index (κ1) is 18.7. The molecule has 0 aromatic heterocycles. The quantitative estimate of drug-likeness (QED) is 0.313. The van der Waals surface area contributed by atoms with Crippen LogP contribution in [0, 0.1) is 0 Å². The normalized spacial score (nSPS) is 22.3. The van der Waals surface area contributed by atoms with Gasteiger partial charge in [-0.1, -0.05) is 88.2 Å². The molecule has 148 valence electrons. The van der Waals surface area contributed by atoms with Crippen LogP contribution >= 0.6 is 31.9 Å². The Kier molecular flexibility index (Phi) is 4.01. The summed E-state index contributed by atoms with van der Waals surface area (Å²) < 4.78 is 2.30. The summed E-state index contributed by atoms with van der Waals surface area (Å²) in [5.74, 6) is 0.359. The fourth-order valence-corrected chi connectivity index (χ4v) is 6.23. The molecule has 2 atom stereocenters. The molecule has 0 spiro atoms. The van der Waals surface area contributed by atoms with Crippen molar-refractivity contribution in [1.82, 2.24) is 0 Å². The van der Waals surface area contributed by atoms with Gasteiger partial charge in [-0.3, -0.25) is 0 Å². The van der Waals surface area contributed by atoms with E-state index in [4.69, 9.17) is 0 Å². The Bertz CT molecular complexity index is 1250. The van der Waals surface area contributed by atoms with Gasteiger partial charge in [0.1, 0.15) is 0 Å². The summed E-state index contributed by atoms with van der Waals surface area (Å²) in [5, 5.41) is 0. The summed E-state index contributed by atoms with van der Waals surface area (Å²) in [7, 11) is 0. The van der Waals surface area contributed by atoms with Crippen molar-refractivity contribution in [2.75, 3.05) is 4.90 Å². The Morgan fingerprint density at radius 2 is 1.63 bits per heavy atom. The predicted octanol–water partition coefficient (Wildman–Crippen LogP) is 8.21. The second-order valence-corrected chi connectivity index (χ2v) is 10.7. The summed E-state index contributed by atoms with van der Waals surface area (Å²) >= 11 is 7.39. The van der Waals surface area contributed by atoms with E-state index >= 15 is 0 Å². The van der Waals surface area contributed by atoms with Gasteiger partial charge in [-0.2, -0.15) is 0 Å². The lowest BCUT2D eigenvalue weighted by atomic mass is 9.80. The lowest BCUT2D eigenvalue weighted by Gasteiger charge is -2.29. The van der Waals surface area contributed by atoms with E-state index in [0.717, 1.165) is 8.96 Å². The Morgan fingerprint density at radius 1 is 0.867 bits per heavy atom. The number of halogens is 2. The second kappa shape index (κ2) is 6.45. The summed E-state index contributed by atoms with van der Waals surface area (Å²) in [6.07, 6.45) is 6.90. The number of benzene rings is 3. The van der Waals surface area contributed by atoms with Crippen molar-refractivity contribution < 1.29 is 0 Å². The highest BCUT2D eigenvalue weighted by Gasteiger charge is 2.43. The van der Waals surface area contributed by atoms with Gasteiger partial charge in [0.25, 0.3) is 0 Å². The number of para-hydroxylation sites is 1. The third kappa shape index (κ3) is 2.52. The van der Waals surface area contributed by atoms with E-state index in [2.05, 4.69) is 129 Å². The van der Waals surface area contributed by atoms with E-state index in [1.807, 2.05) is 0 Å². The molecule has 30 heavy (non-hydrogen) atoms. The van der Waals surface area contributed by atoms with Gasteiger partial charge in [-0.25, -0.2) is 0 Å². The van der Waals surface area contributed by atoms with Crippen LogP contribution in [-0.2, 0) is 5.41 Å². The Morgan fingerprint density at radius 3 is 2.43 bits per heavy atom. The molecule has 2 aliphatic carbocycles. The first-order valence-electron chi connectivity index (χ1n) is 10.3. The molecule has 3 aromatic rings. The molecule has 3 aromatic carbocycles. The van der Waals surface area contributed by atoms with Crippen LogP contribution in [0.15, 0.2) is 87.8 Å². The third-order valence-corrected chi connectivity index (χ3v) is 7.92. The van der Waals surface area contributed by atoms with Gasteiger partial charge in [-0.15, -0.1) is 0 Å². The molecular formula is C27H21Br2N. The van der Waals surface area contributed by atoms with Crippen LogP contribution in [0.25, 0.3) is 11.1 Å². The van der Waals surface area contributed by atoms with E-state index in [1.54, 1.807) is 0 Å². The van der Waals surface area contributed by atoms with Crippen LogP contribution in [-0.4, -0.2) is 6.04 Å². The number of anilines is 2. The molecule has 3 heteroatoms. The maximum Gasteiger partial charge on any atom is 0.0640 e. The van der Waals surface area contributed by atoms with Crippen LogP contribution in [0.4, 0.5) is 11.4 Å². The van der Waals surface area contributed by atoms with Gasteiger partial charge >= 0.3 is 0 Å². The summed E-state index contributed by atoms with van der Waals surface area (Å²) in [6.45, 7) is 4.70. The molecule has 1 nitrogen and oxygen atoms in total. The van der Waals surface area contributed by atoms with Crippen molar-refractivity contribution in [3.8, 4) is 11.1 Å². The maximum absolute atomic E-state index is 3.71. The zero-order valence-corrected chi connectivity index (χ0v) is 20.0. The average molecular weight is 519 g/mol. The smallest absolute Gasteiger partial charge is 0.0640 e. The van der Waals surface area contributed by atoms with Crippen molar-refractivity contribution in [2.45, 2.75) is 31.2 Å². The largest absolute Gasteiger partial charge is 0.333 e. The molecule has 0 radical (unpaired) electrons. The molecule has 3 aliphatic rings. The molecule has 2 unspecified atom stereocenters. The molecule has 0 N–H and O–H groups in total. The van der Waals surface area contributed by atoms with E-state index < -0.39 is 0 Å². The second-order valence-electron chi connectivity index (χ2n) is 8.90. The molecule has 0 fully saturated rings. The first-order valence-corrected chi connectivity index (χ1v) is 11.9. The van der Waals surface area contributed by atoms with E-state index in [0.29, 0.717) is 5.92 Å². The molecule has 6 rings (SSSR count).